The molecule has 0 unspecified atom stereocenters. The molecular formula is C11H13ClN2O2S. The summed E-state index contributed by atoms with van der Waals surface area (Å²) in [5, 5.41) is 8.98. The molecule has 4 nitrogen and oxygen atoms in total. The summed E-state index contributed by atoms with van der Waals surface area (Å²) in [5.74, 6) is 0. The lowest BCUT2D eigenvalue weighted by Gasteiger charge is -2.06. The Morgan fingerprint density at radius 1 is 1.41 bits per heavy atom. The first-order valence-electron chi connectivity index (χ1n) is 5.20. The fourth-order valence-electron chi connectivity index (χ4n) is 1.25. The number of nitrogens with zero attached hydrogens (tertiary/aromatic N) is 1. The lowest BCUT2D eigenvalue weighted by atomic mass is 10.2. The molecule has 0 aromatic heterocycles. The lowest BCUT2D eigenvalue weighted by Crippen LogP contribution is -2.24. The molecule has 0 aliphatic rings. The molecule has 0 atom stereocenters. The van der Waals surface area contributed by atoms with Crippen LogP contribution in [-0.2, 0) is 10.0 Å². The standard InChI is InChI=1S/C11H13ClN2O2S/c1-2-3-4-14-17(15,16)11-6-9(8-13)5-10(12)7-11/h5-7,14H,2-4H2,1H3. The van der Waals surface area contributed by atoms with Gasteiger partial charge in [-0.25, -0.2) is 13.1 Å². The molecule has 92 valence electrons. The highest BCUT2D eigenvalue weighted by Gasteiger charge is 2.14. The van der Waals surface area contributed by atoms with Crippen molar-refractivity contribution in [3.05, 3.63) is 28.8 Å². The van der Waals surface area contributed by atoms with Gasteiger partial charge in [-0.3, -0.25) is 0 Å². The maximum Gasteiger partial charge on any atom is 0.240 e. The van der Waals surface area contributed by atoms with Crippen LogP contribution in [0.15, 0.2) is 23.1 Å². The first-order chi connectivity index (χ1) is 7.99. The molecular weight excluding hydrogens is 260 g/mol. The van der Waals surface area contributed by atoms with Gasteiger partial charge in [-0.1, -0.05) is 24.9 Å². The molecule has 6 heteroatoms. The zero-order valence-corrected chi connectivity index (χ0v) is 11.0. The minimum Gasteiger partial charge on any atom is -0.211 e. The Kier molecular flexibility index (Phi) is 4.94. The lowest BCUT2D eigenvalue weighted by molar-refractivity contribution is 0.578. The van der Waals surface area contributed by atoms with Gasteiger partial charge >= 0.3 is 0 Å². The van der Waals surface area contributed by atoms with Crippen LogP contribution >= 0.6 is 11.6 Å². The highest BCUT2D eigenvalue weighted by Crippen LogP contribution is 2.18. The van der Waals surface area contributed by atoms with E-state index in [0.717, 1.165) is 12.8 Å². The first kappa shape index (κ1) is 14.0. The van der Waals surface area contributed by atoms with Crippen molar-refractivity contribution < 1.29 is 8.42 Å². The van der Waals surface area contributed by atoms with Gasteiger partial charge in [-0.05, 0) is 24.6 Å². The van der Waals surface area contributed by atoms with Crippen molar-refractivity contribution in [2.75, 3.05) is 6.54 Å². The van der Waals surface area contributed by atoms with E-state index < -0.39 is 10.0 Å². The number of halogens is 1. The summed E-state index contributed by atoms with van der Waals surface area (Å²) in [5.41, 5.74) is 0.230. The Hall–Kier alpha value is -1.09. The van der Waals surface area contributed by atoms with E-state index in [1.54, 1.807) is 0 Å². The topological polar surface area (TPSA) is 70.0 Å². The molecule has 0 saturated carbocycles. The fourth-order valence-corrected chi connectivity index (χ4v) is 2.69. The van der Waals surface area contributed by atoms with Crippen molar-refractivity contribution >= 4 is 21.6 Å². The zero-order valence-electron chi connectivity index (χ0n) is 9.40. The van der Waals surface area contributed by atoms with Gasteiger partial charge in [-0.15, -0.1) is 0 Å². The minimum absolute atomic E-state index is 0.0256. The van der Waals surface area contributed by atoms with Crippen LogP contribution in [0, 0.1) is 11.3 Å². The average Bonchev–Trinajstić information content (AvgIpc) is 2.28. The molecule has 0 radical (unpaired) electrons. The number of unbranched alkanes of at least 4 members (excludes halogenated alkanes) is 1. The van der Waals surface area contributed by atoms with Crippen molar-refractivity contribution in [3.63, 3.8) is 0 Å². The number of sulfonamides is 1. The number of nitrogens with one attached hydrogen (secondary N) is 1. The number of hydrogen-bond donors (Lipinski definition) is 1. The van der Waals surface area contributed by atoms with Crippen LogP contribution < -0.4 is 4.72 Å². The van der Waals surface area contributed by atoms with Crippen LogP contribution in [0.4, 0.5) is 0 Å². The van der Waals surface area contributed by atoms with Crippen LogP contribution in [0.3, 0.4) is 0 Å². The van der Waals surface area contributed by atoms with Crippen LogP contribution in [0.5, 0.6) is 0 Å². The van der Waals surface area contributed by atoms with Gasteiger partial charge in [0.15, 0.2) is 0 Å². The highest BCUT2D eigenvalue weighted by molar-refractivity contribution is 7.89. The van der Waals surface area contributed by atoms with Gasteiger partial charge in [0.1, 0.15) is 0 Å². The quantitative estimate of drug-likeness (QED) is 0.836. The van der Waals surface area contributed by atoms with Crippen LogP contribution in [0.25, 0.3) is 0 Å². The molecule has 0 fully saturated rings. The normalized spacial score (nSPS) is 11.1. The zero-order chi connectivity index (χ0) is 12.9. The van der Waals surface area contributed by atoms with Gasteiger partial charge in [0, 0.05) is 11.6 Å². The predicted molar refractivity (Wildman–Crippen MR) is 66.3 cm³/mol. The molecule has 1 N–H and O–H groups in total. The van der Waals surface area contributed by atoms with Crippen molar-refractivity contribution in [1.29, 1.82) is 5.26 Å². The van der Waals surface area contributed by atoms with Gasteiger partial charge in [-0.2, -0.15) is 5.26 Å². The van der Waals surface area contributed by atoms with E-state index in [-0.39, 0.29) is 15.5 Å². The molecule has 0 saturated heterocycles. The summed E-state index contributed by atoms with van der Waals surface area (Å²) in [4.78, 5) is 0.0256. The van der Waals surface area contributed by atoms with Crippen LogP contribution in [0.2, 0.25) is 5.02 Å². The van der Waals surface area contributed by atoms with E-state index in [9.17, 15) is 8.42 Å². The summed E-state index contributed by atoms with van der Waals surface area (Å²) >= 11 is 5.75. The molecule has 0 spiro atoms. The van der Waals surface area contributed by atoms with Crippen molar-refractivity contribution in [1.82, 2.24) is 4.72 Å². The van der Waals surface area contributed by atoms with E-state index in [4.69, 9.17) is 16.9 Å². The second-order valence-corrected chi connectivity index (χ2v) is 5.74. The Balaban J connectivity index is 2.99. The number of rotatable bonds is 5. The maximum absolute atomic E-state index is 11.8. The first-order valence-corrected chi connectivity index (χ1v) is 7.06. The van der Waals surface area contributed by atoms with E-state index in [0.29, 0.717) is 6.54 Å². The third kappa shape index (κ3) is 4.00. The fraction of sp³-hybridized carbons (Fsp3) is 0.364. The SMILES string of the molecule is CCCCNS(=O)(=O)c1cc(Cl)cc(C#N)c1. The Morgan fingerprint density at radius 3 is 2.71 bits per heavy atom. The maximum atomic E-state index is 11.8. The number of hydrogen-bond acceptors (Lipinski definition) is 3. The predicted octanol–water partition coefficient (Wildman–Crippen LogP) is 2.29. The monoisotopic (exact) mass is 272 g/mol. The summed E-state index contributed by atoms with van der Waals surface area (Å²) in [7, 11) is -3.57. The molecule has 0 bridgehead atoms. The van der Waals surface area contributed by atoms with Crippen LogP contribution in [0.1, 0.15) is 25.3 Å². The molecule has 0 amide bonds. The minimum atomic E-state index is -3.57. The summed E-state index contributed by atoms with van der Waals surface area (Å²) < 4.78 is 26.2. The van der Waals surface area contributed by atoms with Crippen molar-refractivity contribution in [2.24, 2.45) is 0 Å². The second kappa shape index (κ2) is 6.01. The molecule has 1 rings (SSSR count). The van der Waals surface area contributed by atoms with E-state index in [2.05, 4.69) is 4.72 Å². The average molecular weight is 273 g/mol. The van der Waals surface area contributed by atoms with Crippen molar-refractivity contribution in [3.8, 4) is 6.07 Å². The summed E-state index contributed by atoms with van der Waals surface area (Å²) in [6.07, 6.45) is 1.67. The van der Waals surface area contributed by atoms with Crippen LogP contribution in [-0.4, -0.2) is 15.0 Å². The van der Waals surface area contributed by atoms with E-state index in [1.807, 2.05) is 13.0 Å². The van der Waals surface area contributed by atoms with Gasteiger partial charge < -0.3 is 0 Å². The van der Waals surface area contributed by atoms with Gasteiger partial charge in [0.25, 0.3) is 0 Å². The molecule has 17 heavy (non-hydrogen) atoms. The van der Waals surface area contributed by atoms with Crippen molar-refractivity contribution in [2.45, 2.75) is 24.7 Å². The smallest absolute Gasteiger partial charge is 0.211 e. The number of nitriles is 1. The highest BCUT2D eigenvalue weighted by atomic mass is 35.5. The van der Waals surface area contributed by atoms with Gasteiger partial charge in [0.05, 0.1) is 16.5 Å². The molecule has 0 heterocycles. The molecule has 0 aliphatic heterocycles. The Labute approximate surface area is 106 Å². The molecule has 1 aromatic rings. The Bertz CT molecular complexity index is 535. The molecule has 0 aliphatic carbocycles. The van der Waals surface area contributed by atoms with E-state index in [1.165, 1.54) is 18.2 Å². The third-order valence-electron chi connectivity index (χ3n) is 2.13. The summed E-state index contributed by atoms with van der Waals surface area (Å²) in [6, 6.07) is 5.93. The van der Waals surface area contributed by atoms with Gasteiger partial charge in [0.2, 0.25) is 10.0 Å². The third-order valence-corrected chi connectivity index (χ3v) is 3.79. The Morgan fingerprint density at radius 2 is 2.12 bits per heavy atom. The molecule has 1 aromatic carbocycles. The van der Waals surface area contributed by atoms with E-state index >= 15 is 0 Å². The summed E-state index contributed by atoms with van der Waals surface area (Å²) in [6.45, 7) is 2.36. The number of benzene rings is 1. The largest absolute Gasteiger partial charge is 0.240 e. The second-order valence-electron chi connectivity index (χ2n) is 3.54.